The van der Waals surface area contributed by atoms with E-state index in [-0.39, 0.29) is 0 Å². The third-order valence-electron chi connectivity index (χ3n) is 1.99. The predicted octanol–water partition coefficient (Wildman–Crippen LogP) is 3.78. The molecule has 0 spiro atoms. The summed E-state index contributed by atoms with van der Waals surface area (Å²) in [5, 5.41) is 0. The molecule has 0 N–H and O–H groups in total. The van der Waals surface area contributed by atoms with Crippen molar-refractivity contribution >= 4 is 30.5 Å². The normalized spacial score (nSPS) is 9.72. The summed E-state index contributed by atoms with van der Waals surface area (Å²) >= 11 is -0.556. The Balaban J connectivity index is 0.000000492. The standard InChI is InChI=1S/C12H11N2O.2ClH.Ti/c1-15-12-6-4-10(5-7-12)14-9-11-3-2-8-13-11;;;/h2-9H,1H3;2*1H;/q-1;;;+2/p-2. The number of benzene rings is 1. The first-order chi connectivity index (χ1) is 8.80. The second-order valence-corrected chi connectivity index (χ2v) is 5.67. The zero-order valence-electron chi connectivity index (χ0n) is 9.68. The van der Waals surface area contributed by atoms with Gasteiger partial charge < -0.3 is 9.72 Å². The van der Waals surface area contributed by atoms with E-state index < -0.39 is 17.0 Å². The molecule has 0 saturated carbocycles. The molecule has 1 heterocycles. The van der Waals surface area contributed by atoms with Crippen molar-refractivity contribution < 1.29 is 21.8 Å². The first-order valence-corrected chi connectivity index (χ1v) is 9.32. The minimum absolute atomic E-state index is 0.556. The van der Waals surface area contributed by atoms with Gasteiger partial charge >= 0.3 is 35.6 Å². The Kier molecular flexibility index (Phi) is 7.86. The Morgan fingerprint density at radius 2 is 1.89 bits per heavy atom. The average Bonchev–Trinajstić information content (AvgIpc) is 2.91. The predicted molar refractivity (Wildman–Crippen MR) is 71.7 cm³/mol. The fraction of sp³-hybridized carbons (Fsp3) is 0.0833. The van der Waals surface area contributed by atoms with Gasteiger partial charge in [0.05, 0.1) is 12.8 Å². The third-order valence-corrected chi connectivity index (χ3v) is 1.99. The van der Waals surface area contributed by atoms with Crippen molar-refractivity contribution in [1.29, 1.82) is 0 Å². The van der Waals surface area contributed by atoms with Crippen molar-refractivity contribution in [1.82, 2.24) is 4.98 Å². The molecule has 0 aliphatic heterocycles. The van der Waals surface area contributed by atoms with E-state index in [1.165, 1.54) is 0 Å². The number of nitrogens with zero attached hydrogens (tertiary/aromatic N) is 2. The summed E-state index contributed by atoms with van der Waals surface area (Å²) in [6.07, 6.45) is 3.48. The quantitative estimate of drug-likeness (QED) is 0.638. The third kappa shape index (κ3) is 5.74. The second-order valence-electron chi connectivity index (χ2n) is 3.09. The fourth-order valence-electron chi connectivity index (χ4n) is 1.20. The molecule has 0 saturated heterocycles. The van der Waals surface area contributed by atoms with Crippen molar-refractivity contribution in [2.75, 3.05) is 7.11 Å². The molecule has 6 heteroatoms. The number of aromatic nitrogens is 1. The SMILES string of the molecule is COc1ccc(N=Cc2ccc[n-]2)cc1.[Cl][Ti][Cl]. The van der Waals surface area contributed by atoms with E-state index in [2.05, 4.69) is 9.98 Å². The Morgan fingerprint density at radius 3 is 2.39 bits per heavy atom. The molecule has 3 nitrogen and oxygen atoms in total. The summed E-state index contributed by atoms with van der Waals surface area (Å²) in [5.41, 5.74) is 1.75. The van der Waals surface area contributed by atoms with Gasteiger partial charge in [-0.1, -0.05) is 12.1 Å². The molecule has 0 fully saturated rings. The molecule has 94 valence electrons. The maximum atomic E-state index is 5.06. The molecule has 0 radical (unpaired) electrons. The summed E-state index contributed by atoms with van der Waals surface area (Å²) in [6.45, 7) is 0. The zero-order valence-corrected chi connectivity index (χ0v) is 12.8. The molecule has 0 atom stereocenters. The number of halogens is 2. The van der Waals surface area contributed by atoms with Crippen LogP contribution in [0.25, 0.3) is 0 Å². The van der Waals surface area contributed by atoms with E-state index in [1.807, 2.05) is 36.4 Å². The van der Waals surface area contributed by atoms with Crippen molar-refractivity contribution in [3.05, 3.63) is 48.3 Å². The van der Waals surface area contributed by atoms with Gasteiger partial charge in [-0.05, 0) is 24.3 Å². The van der Waals surface area contributed by atoms with Gasteiger partial charge in [-0.15, -0.1) is 5.69 Å². The van der Waals surface area contributed by atoms with Gasteiger partial charge in [0.15, 0.2) is 0 Å². The molecule has 0 bridgehead atoms. The number of rotatable bonds is 3. The molecule has 1 aromatic heterocycles. The second kappa shape index (κ2) is 9.23. The Labute approximate surface area is 123 Å². The first kappa shape index (κ1) is 15.3. The van der Waals surface area contributed by atoms with Crippen molar-refractivity contribution in [3.63, 3.8) is 0 Å². The van der Waals surface area contributed by atoms with Crippen LogP contribution in [-0.2, 0) is 17.0 Å². The molecule has 0 unspecified atom stereocenters. The van der Waals surface area contributed by atoms with Gasteiger partial charge in [0.2, 0.25) is 0 Å². The van der Waals surface area contributed by atoms with E-state index in [9.17, 15) is 0 Å². The summed E-state index contributed by atoms with van der Waals surface area (Å²) in [4.78, 5) is 8.37. The maximum absolute atomic E-state index is 5.06. The molecule has 0 aliphatic carbocycles. The van der Waals surface area contributed by atoms with Crippen LogP contribution in [0.15, 0.2) is 47.6 Å². The van der Waals surface area contributed by atoms with Crippen LogP contribution in [-0.4, -0.2) is 13.3 Å². The molecule has 18 heavy (non-hydrogen) atoms. The van der Waals surface area contributed by atoms with Crippen LogP contribution >= 0.6 is 18.6 Å². The van der Waals surface area contributed by atoms with Crippen molar-refractivity contribution in [2.24, 2.45) is 4.99 Å². The molecular formula is C12H11Cl2N2OTi-. The Morgan fingerprint density at radius 1 is 1.22 bits per heavy atom. The van der Waals surface area contributed by atoms with Gasteiger partial charge in [0, 0.05) is 6.21 Å². The van der Waals surface area contributed by atoms with Gasteiger partial charge in [0.25, 0.3) is 0 Å². The molecule has 0 aliphatic rings. The number of hydrogen-bond acceptors (Lipinski definition) is 2. The van der Waals surface area contributed by atoms with Crippen LogP contribution in [0.2, 0.25) is 0 Å². The van der Waals surface area contributed by atoms with Crippen LogP contribution in [0, 0.1) is 0 Å². The van der Waals surface area contributed by atoms with E-state index in [1.54, 1.807) is 19.5 Å². The van der Waals surface area contributed by atoms with E-state index >= 15 is 0 Å². The molecular weight excluding hydrogens is 307 g/mol. The monoisotopic (exact) mass is 317 g/mol. The van der Waals surface area contributed by atoms with Crippen molar-refractivity contribution in [3.8, 4) is 5.75 Å². The van der Waals surface area contributed by atoms with Crippen LogP contribution in [0.1, 0.15) is 5.69 Å². The van der Waals surface area contributed by atoms with Gasteiger partial charge in [-0.25, -0.2) is 0 Å². The first-order valence-electron chi connectivity index (χ1n) is 5.02. The van der Waals surface area contributed by atoms with Crippen LogP contribution < -0.4 is 9.72 Å². The van der Waals surface area contributed by atoms with Gasteiger partial charge in [-0.3, -0.25) is 4.99 Å². The molecule has 2 rings (SSSR count). The summed E-state index contributed by atoms with van der Waals surface area (Å²) < 4.78 is 5.06. The Bertz CT molecular complexity index is 457. The number of ether oxygens (including phenoxy) is 1. The topological polar surface area (TPSA) is 35.7 Å². The fourth-order valence-corrected chi connectivity index (χ4v) is 1.20. The van der Waals surface area contributed by atoms with Gasteiger partial charge in [0.1, 0.15) is 5.75 Å². The van der Waals surface area contributed by atoms with Gasteiger partial charge in [-0.2, -0.15) is 6.20 Å². The number of methoxy groups -OCH3 is 1. The molecule has 0 amide bonds. The average molecular weight is 318 g/mol. The molecule has 1 aromatic carbocycles. The van der Waals surface area contributed by atoms with Crippen LogP contribution in [0.5, 0.6) is 5.75 Å². The summed E-state index contributed by atoms with van der Waals surface area (Å²) in [7, 11) is 11.4. The van der Waals surface area contributed by atoms with Crippen LogP contribution in [0.4, 0.5) is 5.69 Å². The summed E-state index contributed by atoms with van der Waals surface area (Å²) in [5.74, 6) is 0.834. The zero-order chi connectivity index (χ0) is 13.2. The Hall–Kier alpha value is -0.736. The van der Waals surface area contributed by atoms with E-state index in [0.717, 1.165) is 17.1 Å². The van der Waals surface area contributed by atoms with Crippen LogP contribution in [0.3, 0.4) is 0 Å². The van der Waals surface area contributed by atoms with Crippen molar-refractivity contribution in [2.45, 2.75) is 0 Å². The minimum atomic E-state index is -0.556. The molecule has 2 aromatic rings. The number of aliphatic imine (C=N–C) groups is 1. The number of hydrogen-bond donors (Lipinski definition) is 0. The van der Waals surface area contributed by atoms with E-state index in [4.69, 9.17) is 23.3 Å². The van der Waals surface area contributed by atoms with E-state index in [0.29, 0.717) is 0 Å². The summed E-state index contributed by atoms with van der Waals surface area (Å²) in [6, 6.07) is 11.4.